The van der Waals surface area contributed by atoms with Gasteiger partial charge in [-0.3, -0.25) is 4.79 Å². The predicted molar refractivity (Wildman–Crippen MR) is 80.9 cm³/mol. The second-order valence-corrected chi connectivity index (χ2v) is 5.65. The lowest BCUT2D eigenvalue weighted by atomic mass is 10.1. The molecule has 1 fully saturated rings. The maximum absolute atomic E-state index is 14.3. The van der Waals surface area contributed by atoms with Crippen molar-refractivity contribution in [3.63, 3.8) is 0 Å². The average Bonchev–Trinajstić information content (AvgIpc) is 2.86. The first-order valence-electron chi connectivity index (χ1n) is 7.35. The van der Waals surface area contributed by atoms with Crippen molar-refractivity contribution in [1.82, 2.24) is 14.8 Å². The van der Waals surface area contributed by atoms with Gasteiger partial charge in [0, 0.05) is 32.9 Å². The molecule has 0 aromatic carbocycles. The first-order valence-corrected chi connectivity index (χ1v) is 7.35. The predicted octanol–water partition coefficient (Wildman–Crippen LogP) is 1.68. The van der Waals surface area contributed by atoms with E-state index < -0.39 is 5.82 Å². The quantitative estimate of drug-likeness (QED) is 0.897. The van der Waals surface area contributed by atoms with Gasteiger partial charge in [-0.1, -0.05) is 0 Å². The van der Waals surface area contributed by atoms with E-state index in [9.17, 15) is 9.18 Å². The molecule has 1 atom stereocenters. The molecular formula is C15H23FN4O. The van der Waals surface area contributed by atoms with E-state index in [0.717, 1.165) is 19.5 Å². The number of pyridine rings is 1. The molecule has 1 aliphatic heterocycles. The Morgan fingerprint density at radius 3 is 3.00 bits per heavy atom. The van der Waals surface area contributed by atoms with Crippen LogP contribution in [-0.4, -0.2) is 61.0 Å². The Balaban J connectivity index is 2.06. The summed E-state index contributed by atoms with van der Waals surface area (Å²) in [6.07, 6.45) is 2.54. The summed E-state index contributed by atoms with van der Waals surface area (Å²) in [7, 11) is 3.81. The molecule has 1 amide bonds. The Morgan fingerprint density at radius 1 is 1.62 bits per heavy atom. The van der Waals surface area contributed by atoms with Crippen molar-refractivity contribution in [2.45, 2.75) is 13.3 Å². The number of likely N-dealkylation sites (tertiary alicyclic amines) is 1. The van der Waals surface area contributed by atoms with Crippen molar-refractivity contribution in [2.24, 2.45) is 5.92 Å². The molecule has 0 aliphatic carbocycles. The van der Waals surface area contributed by atoms with Crippen LogP contribution in [0.3, 0.4) is 0 Å². The first kappa shape index (κ1) is 15.7. The van der Waals surface area contributed by atoms with E-state index in [0.29, 0.717) is 19.0 Å². The Kier molecular flexibility index (Phi) is 5.12. The molecule has 2 rings (SSSR count). The minimum Gasteiger partial charge on any atom is -0.368 e. The first-order chi connectivity index (χ1) is 10.0. The molecule has 1 aliphatic rings. The molecule has 1 aromatic heterocycles. The van der Waals surface area contributed by atoms with Gasteiger partial charge in [0.25, 0.3) is 5.91 Å². The zero-order valence-electron chi connectivity index (χ0n) is 12.9. The average molecular weight is 294 g/mol. The van der Waals surface area contributed by atoms with E-state index in [1.165, 1.54) is 12.3 Å². The van der Waals surface area contributed by atoms with Crippen LogP contribution in [0.25, 0.3) is 0 Å². The highest BCUT2D eigenvalue weighted by Gasteiger charge is 2.25. The van der Waals surface area contributed by atoms with Crippen LogP contribution < -0.4 is 5.32 Å². The van der Waals surface area contributed by atoms with Crippen LogP contribution in [0.15, 0.2) is 12.3 Å². The number of rotatable bonds is 5. The number of amides is 1. The number of anilines is 1. The van der Waals surface area contributed by atoms with Gasteiger partial charge in [-0.2, -0.15) is 0 Å². The molecular weight excluding hydrogens is 271 g/mol. The molecule has 5 nitrogen and oxygen atoms in total. The number of nitrogens with one attached hydrogen (secondary N) is 1. The summed E-state index contributed by atoms with van der Waals surface area (Å²) in [6, 6.07) is 1.44. The van der Waals surface area contributed by atoms with Gasteiger partial charge in [0.2, 0.25) is 0 Å². The third kappa shape index (κ3) is 3.69. The fourth-order valence-corrected chi connectivity index (χ4v) is 2.75. The van der Waals surface area contributed by atoms with Crippen molar-refractivity contribution in [2.75, 3.05) is 45.6 Å². The molecule has 1 saturated heterocycles. The topological polar surface area (TPSA) is 48.5 Å². The summed E-state index contributed by atoms with van der Waals surface area (Å²) in [6.45, 7) is 5.12. The zero-order chi connectivity index (χ0) is 15.4. The third-order valence-electron chi connectivity index (χ3n) is 3.83. The maximum atomic E-state index is 14.3. The van der Waals surface area contributed by atoms with E-state index in [4.69, 9.17) is 0 Å². The zero-order valence-corrected chi connectivity index (χ0v) is 12.9. The number of aromatic nitrogens is 1. The van der Waals surface area contributed by atoms with Gasteiger partial charge in [-0.15, -0.1) is 0 Å². The number of nitrogens with zero attached hydrogens (tertiary/aromatic N) is 3. The van der Waals surface area contributed by atoms with Crippen LogP contribution >= 0.6 is 0 Å². The van der Waals surface area contributed by atoms with Crippen LogP contribution in [-0.2, 0) is 0 Å². The van der Waals surface area contributed by atoms with Crippen LogP contribution in [0, 0.1) is 11.7 Å². The molecule has 6 heteroatoms. The molecule has 1 unspecified atom stereocenters. The number of hydrogen-bond acceptors (Lipinski definition) is 4. The van der Waals surface area contributed by atoms with Crippen LogP contribution in [0.1, 0.15) is 23.7 Å². The Bertz CT molecular complexity index is 508. The molecule has 0 bridgehead atoms. The Labute approximate surface area is 125 Å². The van der Waals surface area contributed by atoms with E-state index in [1.54, 1.807) is 11.9 Å². The molecule has 0 spiro atoms. The summed E-state index contributed by atoms with van der Waals surface area (Å²) >= 11 is 0. The Hall–Kier alpha value is -1.69. The fourth-order valence-electron chi connectivity index (χ4n) is 2.75. The van der Waals surface area contributed by atoms with Crippen molar-refractivity contribution >= 4 is 11.7 Å². The summed E-state index contributed by atoms with van der Waals surface area (Å²) in [4.78, 5) is 20.2. The smallest absolute Gasteiger partial charge is 0.256 e. The number of halogens is 1. The normalized spacial score (nSPS) is 18.8. The van der Waals surface area contributed by atoms with Crippen molar-refractivity contribution in [3.05, 3.63) is 23.6 Å². The number of carbonyl (C=O) groups excluding carboxylic acids is 1. The van der Waals surface area contributed by atoms with Crippen LogP contribution in [0.5, 0.6) is 0 Å². The van der Waals surface area contributed by atoms with Gasteiger partial charge < -0.3 is 15.1 Å². The highest BCUT2D eigenvalue weighted by molar-refractivity contribution is 5.95. The third-order valence-corrected chi connectivity index (χ3v) is 3.83. The molecule has 116 valence electrons. The SMILES string of the molecule is CCNc1nccc(C(=O)N(C)CC2CCN(C)C2)c1F. The standard InChI is InChI=1S/C15H23FN4O/c1-4-17-14-13(16)12(5-7-18-14)15(21)20(3)10-11-6-8-19(2)9-11/h5,7,11H,4,6,8-10H2,1-3H3,(H,17,18). The number of carbonyl (C=O) groups is 1. The van der Waals surface area contributed by atoms with Crippen molar-refractivity contribution in [3.8, 4) is 0 Å². The van der Waals surface area contributed by atoms with E-state index in [-0.39, 0.29) is 17.3 Å². The molecule has 1 aromatic rings. The lowest BCUT2D eigenvalue weighted by Gasteiger charge is -2.21. The molecule has 0 radical (unpaired) electrons. The lowest BCUT2D eigenvalue weighted by Crippen LogP contribution is -2.33. The largest absolute Gasteiger partial charge is 0.368 e. The molecule has 21 heavy (non-hydrogen) atoms. The highest BCUT2D eigenvalue weighted by atomic mass is 19.1. The molecule has 2 heterocycles. The lowest BCUT2D eigenvalue weighted by molar-refractivity contribution is 0.0769. The summed E-state index contributed by atoms with van der Waals surface area (Å²) in [5.41, 5.74) is 0.0785. The van der Waals surface area contributed by atoms with Gasteiger partial charge >= 0.3 is 0 Å². The van der Waals surface area contributed by atoms with E-state index in [1.807, 2.05) is 6.92 Å². The minimum absolute atomic E-state index is 0.0785. The second kappa shape index (κ2) is 6.85. The monoisotopic (exact) mass is 294 g/mol. The minimum atomic E-state index is -0.570. The second-order valence-electron chi connectivity index (χ2n) is 5.65. The van der Waals surface area contributed by atoms with Gasteiger partial charge in [0.1, 0.15) is 0 Å². The van der Waals surface area contributed by atoms with Crippen LogP contribution in [0.2, 0.25) is 0 Å². The summed E-state index contributed by atoms with van der Waals surface area (Å²) in [5, 5.41) is 2.83. The number of hydrogen-bond donors (Lipinski definition) is 1. The fraction of sp³-hybridized carbons (Fsp3) is 0.600. The van der Waals surface area contributed by atoms with Crippen LogP contribution in [0.4, 0.5) is 10.2 Å². The van der Waals surface area contributed by atoms with Gasteiger partial charge in [-0.05, 0) is 38.9 Å². The summed E-state index contributed by atoms with van der Waals surface area (Å²) < 4.78 is 14.3. The highest BCUT2D eigenvalue weighted by Crippen LogP contribution is 2.19. The van der Waals surface area contributed by atoms with Gasteiger partial charge in [0.15, 0.2) is 11.6 Å². The van der Waals surface area contributed by atoms with Gasteiger partial charge in [-0.25, -0.2) is 9.37 Å². The van der Waals surface area contributed by atoms with Gasteiger partial charge in [0.05, 0.1) is 5.56 Å². The van der Waals surface area contributed by atoms with Crippen molar-refractivity contribution in [1.29, 1.82) is 0 Å². The molecule has 1 N–H and O–H groups in total. The van der Waals surface area contributed by atoms with Crippen molar-refractivity contribution < 1.29 is 9.18 Å². The van der Waals surface area contributed by atoms with E-state index in [2.05, 4.69) is 22.2 Å². The Morgan fingerprint density at radius 2 is 2.38 bits per heavy atom. The summed E-state index contributed by atoms with van der Waals surface area (Å²) in [5.74, 6) is -0.261. The van der Waals surface area contributed by atoms with E-state index >= 15 is 0 Å². The maximum Gasteiger partial charge on any atom is 0.256 e. The molecule has 0 saturated carbocycles.